The highest BCUT2D eigenvalue weighted by Crippen LogP contribution is 2.19. The molecule has 3 aromatic heterocycles. The molecular formula is C18H14FN3O. The quantitative estimate of drug-likeness (QED) is 0.576. The average Bonchev–Trinajstić information content (AvgIpc) is 3.17. The van der Waals surface area contributed by atoms with Crippen LogP contribution in [0.2, 0.25) is 0 Å². The van der Waals surface area contributed by atoms with E-state index in [0.717, 1.165) is 28.3 Å². The first kappa shape index (κ1) is 13.7. The second-order valence-electron chi connectivity index (χ2n) is 5.35. The lowest BCUT2D eigenvalue weighted by Gasteiger charge is -2.07. The third-order valence-electron chi connectivity index (χ3n) is 3.73. The van der Waals surface area contributed by atoms with Gasteiger partial charge in [-0.25, -0.2) is 14.4 Å². The van der Waals surface area contributed by atoms with Crippen LogP contribution in [-0.2, 0) is 13.0 Å². The van der Waals surface area contributed by atoms with Crippen LogP contribution in [0.25, 0.3) is 11.2 Å². The van der Waals surface area contributed by atoms with Crippen LogP contribution in [0.5, 0.6) is 0 Å². The molecule has 0 aliphatic heterocycles. The van der Waals surface area contributed by atoms with Crippen LogP contribution in [0.4, 0.5) is 4.39 Å². The number of imidazole rings is 1. The van der Waals surface area contributed by atoms with Crippen molar-refractivity contribution in [1.82, 2.24) is 14.5 Å². The van der Waals surface area contributed by atoms with E-state index in [4.69, 9.17) is 4.42 Å². The molecule has 0 unspecified atom stereocenters. The molecule has 0 atom stereocenters. The summed E-state index contributed by atoms with van der Waals surface area (Å²) in [5.41, 5.74) is 2.50. The average molecular weight is 307 g/mol. The first-order valence-corrected chi connectivity index (χ1v) is 7.36. The van der Waals surface area contributed by atoms with Crippen molar-refractivity contribution < 1.29 is 8.81 Å². The zero-order chi connectivity index (χ0) is 15.6. The second kappa shape index (κ2) is 5.68. The molecule has 0 aliphatic rings. The Bertz CT molecular complexity index is 944. The Kier molecular flexibility index (Phi) is 3.38. The topological polar surface area (TPSA) is 43.9 Å². The largest absolute Gasteiger partial charge is 0.467 e. The number of halogens is 1. The lowest BCUT2D eigenvalue weighted by Crippen LogP contribution is -2.06. The number of nitrogens with zero attached hydrogens (tertiary/aromatic N) is 3. The number of rotatable bonds is 4. The van der Waals surface area contributed by atoms with Crippen LogP contribution >= 0.6 is 0 Å². The minimum Gasteiger partial charge on any atom is -0.467 e. The van der Waals surface area contributed by atoms with E-state index in [2.05, 4.69) is 9.97 Å². The van der Waals surface area contributed by atoms with Gasteiger partial charge in [-0.15, -0.1) is 0 Å². The van der Waals surface area contributed by atoms with E-state index in [1.165, 1.54) is 12.1 Å². The molecule has 0 spiro atoms. The van der Waals surface area contributed by atoms with Gasteiger partial charge in [0, 0.05) is 12.6 Å². The number of benzene rings is 1. The van der Waals surface area contributed by atoms with Crippen molar-refractivity contribution in [1.29, 1.82) is 0 Å². The summed E-state index contributed by atoms with van der Waals surface area (Å²) in [7, 11) is 0. The number of hydrogen-bond donors (Lipinski definition) is 0. The van der Waals surface area contributed by atoms with Crippen LogP contribution in [0, 0.1) is 5.82 Å². The second-order valence-corrected chi connectivity index (χ2v) is 5.35. The molecule has 4 rings (SSSR count). The zero-order valence-corrected chi connectivity index (χ0v) is 12.3. The normalized spacial score (nSPS) is 11.2. The van der Waals surface area contributed by atoms with Crippen molar-refractivity contribution in [3.63, 3.8) is 0 Å². The maximum Gasteiger partial charge on any atom is 0.160 e. The first-order chi connectivity index (χ1) is 11.3. The van der Waals surface area contributed by atoms with Crippen molar-refractivity contribution in [2.24, 2.45) is 0 Å². The summed E-state index contributed by atoms with van der Waals surface area (Å²) < 4.78 is 20.9. The third kappa shape index (κ3) is 2.73. The number of fused-ring (bicyclic) bond motifs is 1. The highest BCUT2D eigenvalue weighted by Gasteiger charge is 2.13. The van der Waals surface area contributed by atoms with Gasteiger partial charge in [0.05, 0.1) is 12.8 Å². The molecule has 1 aromatic carbocycles. The van der Waals surface area contributed by atoms with Gasteiger partial charge in [0.2, 0.25) is 0 Å². The van der Waals surface area contributed by atoms with Crippen LogP contribution in [0.15, 0.2) is 65.4 Å². The number of pyridine rings is 1. The van der Waals surface area contributed by atoms with Gasteiger partial charge in [-0.2, -0.15) is 0 Å². The predicted molar refractivity (Wildman–Crippen MR) is 84.5 cm³/mol. The Hall–Kier alpha value is -2.95. The van der Waals surface area contributed by atoms with Crippen molar-refractivity contribution in [2.45, 2.75) is 13.0 Å². The van der Waals surface area contributed by atoms with Gasteiger partial charge in [0.25, 0.3) is 0 Å². The van der Waals surface area contributed by atoms with Crippen LogP contribution in [0.1, 0.15) is 17.1 Å². The first-order valence-electron chi connectivity index (χ1n) is 7.36. The highest BCUT2D eigenvalue weighted by atomic mass is 19.1. The van der Waals surface area contributed by atoms with Crippen molar-refractivity contribution in [3.8, 4) is 0 Å². The van der Waals surface area contributed by atoms with Gasteiger partial charge < -0.3 is 8.98 Å². The summed E-state index contributed by atoms with van der Waals surface area (Å²) >= 11 is 0. The van der Waals surface area contributed by atoms with E-state index in [9.17, 15) is 4.39 Å². The Morgan fingerprint density at radius 3 is 2.87 bits per heavy atom. The van der Waals surface area contributed by atoms with E-state index < -0.39 is 0 Å². The summed E-state index contributed by atoms with van der Waals surface area (Å²) in [5, 5.41) is 0. The van der Waals surface area contributed by atoms with E-state index in [-0.39, 0.29) is 5.82 Å². The molecule has 4 nitrogen and oxygen atoms in total. The molecule has 0 aliphatic carbocycles. The van der Waals surface area contributed by atoms with Gasteiger partial charge >= 0.3 is 0 Å². The summed E-state index contributed by atoms with van der Waals surface area (Å²) in [5.74, 6) is 1.42. The lowest BCUT2D eigenvalue weighted by molar-refractivity contribution is 0.492. The number of aromatic nitrogens is 3. The molecule has 0 saturated carbocycles. The SMILES string of the molecule is Fc1cccc(Cc2nc3cccnc3n2Cc2ccco2)c1. The molecule has 114 valence electrons. The number of hydrogen-bond acceptors (Lipinski definition) is 3. The van der Waals surface area contributed by atoms with Crippen molar-refractivity contribution >= 4 is 11.2 Å². The smallest absolute Gasteiger partial charge is 0.160 e. The summed E-state index contributed by atoms with van der Waals surface area (Å²) in [4.78, 5) is 9.08. The fourth-order valence-corrected chi connectivity index (χ4v) is 2.69. The molecule has 0 fully saturated rings. The molecule has 4 aromatic rings. The predicted octanol–water partition coefficient (Wildman–Crippen LogP) is 3.80. The van der Waals surface area contributed by atoms with Gasteiger partial charge in [0.15, 0.2) is 5.65 Å². The van der Waals surface area contributed by atoms with Crippen molar-refractivity contribution in [2.75, 3.05) is 0 Å². The van der Waals surface area contributed by atoms with E-state index in [1.54, 1.807) is 18.5 Å². The maximum absolute atomic E-state index is 13.4. The highest BCUT2D eigenvalue weighted by molar-refractivity contribution is 5.71. The molecular weight excluding hydrogens is 293 g/mol. The minimum absolute atomic E-state index is 0.241. The van der Waals surface area contributed by atoms with Crippen LogP contribution in [-0.4, -0.2) is 14.5 Å². The van der Waals surface area contributed by atoms with Gasteiger partial charge in [-0.3, -0.25) is 0 Å². The molecule has 23 heavy (non-hydrogen) atoms. The standard InChI is InChI=1S/C18H14FN3O/c19-14-5-1-4-13(10-14)11-17-21-16-7-2-8-20-18(16)22(17)12-15-6-3-9-23-15/h1-10H,11-12H2. The Morgan fingerprint density at radius 2 is 2.04 bits per heavy atom. The fraction of sp³-hybridized carbons (Fsp3) is 0.111. The van der Waals surface area contributed by atoms with Crippen molar-refractivity contribution in [3.05, 3.63) is 84.0 Å². The van der Waals surface area contributed by atoms with Crippen LogP contribution < -0.4 is 0 Å². The molecule has 0 bridgehead atoms. The van der Waals surface area contributed by atoms with Gasteiger partial charge in [-0.1, -0.05) is 12.1 Å². The Morgan fingerprint density at radius 1 is 1.09 bits per heavy atom. The molecule has 3 heterocycles. The summed E-state index contributed by atoms with van der Waals surface area (Å²) in [6, 6.07) is 14.1. The molecule has 0 saturated heterocycles. The molecule has 0 N–H and O–H groups in total. The van der Waals surface area contributed by atoms with E-state index in [0.29, 0.717) is 13.0 Å². The molecule has 0 amide bonds. The van der Waals surface area contributed by atoms with E-state index in [1.807, 2.05) is 34.9 Å². The molecule has 0 radical (unpaired) electrons. The monoisotopic (exact) mass is 307 g/mol. The van der Waals surface area contributed by atoms with Gasteiger partial charge in [0.1, 0.15) is 22.9 Å². The number of furan rings is 1. The minimum atomic E-state index is -0.241. The third-order valence-corrected chi connectivity index (χ3v) is 3.73. The maximum atomic E-state index is 13.4. The van der Waals surface area contributed by atoms with Gasteiger partial charge in [-0.05, 0) is 42.0 Å². The summed E-state index contributed by atoms with van der Waals surface area (Å²) in [6.45, 7) is 0.547. The fourth-order valence-electron chi connectivity index (χ4n) is 2.69. The summed E-state index contributed by atoms with van der Waals surface area (Å²) in [6.07, 6.45) is 3.93. The van der Waals surface area contributed by atoms with E-state index >= 15 is 0 Å². The lowest BCUT2D eigenvalue weighted by atomic mass is 10.1. The molecule has 5 heteroatoms. The Balaban J connectivity index is 1.78. The zero-order valence-electron chi connectivity index (χ0n) is 12.3. The van der Waals surface area contributed by atoms with Crippen LogP contribution in [0.3, 0.4) is 0 Å². The Labute approximate surface area is 132 Å².